The number of nitrogens with one attached hydrogen (secondary N) is 1. The fourth-order valence-corrected chi connectivity index (χ4v) is 6.48. The Labute approximate surface area is 211 Å². The van der Waals surface area contributed by atoms with E-state index in [2.05, 4.69) is 26.6 Å². The van der Waals surface area contributed by atoms with Gasteiger partial charge in [-0.2, -0.15) is 19.8 Å². The minimum atomic E-state index is -3.32. The number of fused-ring (bicyclic) bond motifs is 1. The number of nitrogens with zero attached hydrogens (tertiary/aromatic N) is 8. The number of hydrogen-bond donors (Lipinski definition) is 1. The van der Waals surface area contributed by atoms with Gasteiger partial charge >= 0.3 is 0 Å². The maximum Gasteiger partial charge on any atom is 0.228 e. The van der Waals surface area contributed by atoms with Gasteiger partial charge in [0, 0.05) is 31.0 Å². The van der Waals surface area contributed by atoms with Crippen LogP contribution in [-0.4, -0.2) is 74.3 Å². The van der Waals surface area contributed by atoms with Crippen molar-refractivity contribution in [3.8, 4) is 17.3 Å². The zero-order valence-electron chi connectivity index (χ0n) is 19.4. The minimum Gasteiger partial charge on any atom is -0.377 e. The van der Waals surface area contributed by atoms with Gasteiger partial charge in [0.15, 0.2) is 0 Å². The summed E-state index contributed by atoms with van der Waals surface area (Å²) in [5.74, 6) is 0.462. The average molecular weight is 526 g/mol. The molecule has 0 bridgehead atoms. The molecule has 0 aliphatic carbocycles. The predicted molar refractivity (Wildman–Crippen MR) is 133 cm³/mol. The van der Waals surface area contributed by atoms with E-state index in [-0.39, 0.29) is 31.3 Å². The molecule has 186 valence electrons. The summed E-state index contributed by atoms with van der Waals surface area (Å²) in [4.78, 5) is 9.43. The maximum atomic E-state index is 12.3. The topological polar surface area (TPSA) is 144 Å². The van der Waals surface area contributed by atoms with Gasteiger partial charge in [-0.15, -0.1) is 11.3 Å². The van der Waals surface area contributed by atoms with Gasteiger partial charge in [-0.25, -0.2) is 18.4 Å². The second-order valence-electron chi connectivity index (χ2n) is 8.96. The first-order chi connectivity index (χ1) is 17.4. The zero-order valence-corrected chi connectivity index (χ0v) is 21.0. The van der Waals surface area contributed by atoms with E-state index in [4.69, 9.17) is 9.72 Å². The summed E-state index contributed by atoms with van der Waals surface area (Å²) in [6.45, 7) is 3.37. The highest BCUT2D eigenvalue weighted by atomic mass is 32.2. The fraction of sp³-hybridized carbons (Fsp3) is 0.409. The van der Waals surface area contributed by atoms with Crippen molar-refractivity contribution in [1.82, 2.24) is 33.8 Å². The average Bonchev–Trinajstić information content (AvgIpc) is 3.55. The molecule has 0 saturated carbocycles. The molecule has 0 unspecified atom stereocenters. The van der Waals surface area contributed by atoms with Crippen LogP contribution < -0.4 is 5.32 Å². The Morgan fingerprint density at radius 1 is 1.25 bits per heavy atom. The summed E-state index contributed by atoms with van der Waals surface area (Å²) >= 11 is 1.54. The molecule has 14 heteroatoms. The fourth-order valence-electron chi connectivity index (χ4n) is 4.40. The normalized spacial score (nSPS) is 18.0. The molecule has 6 rings (SSSR count). The monoisotopic (exact) mass is 525 g/mol. The number of aromatic nitrogens is 6. The van der Waals surface area contributed by atoms with E-state index in [1.807, 2.05) is 28.5 Å². The summed E-state index contributed by atoms with van der Waals surface area (Å²) in [6, 6.07) is 4.38. The highest BCUT2D eigenvalue weighted by Gasteiger charge is 2.49. The van der Waals surface area contributed by atoms with Crippen LogP contribution >= 0.6 is 11.3 Å². The summed E-state index contributed by atoms with van der Waals surface area (Å²) in [5, 5.41) is 23.6. The number of sulfonamides is 1. The third-order valence-corrected chi connectivity index (χ3v) is 9.29. The van der Waals surface area contributed by atoms with Crippen molar-refractivity contribution < 1.29 is 13.2 Å². The molecular weight excluding hydrogens is 502 g/mol. The Balaban J connectivity index is 1.31. The van der Waals surface area contributed by atoms with E-state index in [0.717, 1.165) is 21.5 Å². The van der Waals surface area contributed by atoms with Crippen molar-refractivity contribution in [2.45, 2.75) is 24.9 Å². The van der Waals surface area contributed by atoms with Gasteiger partial charge in [-0.1, -0.05) is 0 Å². The predicted octanol–water partition coefficient (Wildman–Crippen LogP) is 2.34. The van der Waals surface area contributed by atoms with Gasteiger partial charge in [-0.3, -0.25) is 9.36 Å². The molecule has 0 radical (unpaired) electrons. The molecule has 36 heavy (non-hydrogen) atoms. The maximum absolute atomic E-state index is 12.3. The number of ether oxygens (including phenoxy) is 1. The van der Waals surface area contributed by atoms with E-state index in [1.165, 1.54) is 15.6 Å². The van der Waals surface area contributed by atoms with Crippen LogP contribution in [-0.2, 0) is 20.3 Å². The van der Waals surface area contributed by atoms with Crippen LogP contribution in [0.3, 0.4) is 0 Å². The van der Waals surface area contributed by atoms with Gasteiger partial charge < -0.3 is 10.1 Å². The molecule has 2 aliphatic heterocycles. The van der Waals surface area contributed by atoms with Crippen molar-refractivity contribution in [1.29, 1.82) is 5.26 Å². The summed E-state index contributed by atoms with van der Waals surface area (Å²) in [5.41, 5.74) is 2.36. The largest absolute Gasteiger partial charge is 0.377 e. The molecule has 12 nitrogen and oxygen atoms in total. The third kappa shape index (κ3) is 3.84. The van der Waals surface area contributed by atoms with Crippen molar-refractivity contribution >= 4 is 43.2 Å². The molecule has 1 N–H and O–H groups in total. The Hall–Kier alpha value is -3.38. The van der Waals surface area contributed by atoms with Gasteiger partial charge in [0.1, 0.15) is 5.54 Å². The number of hydrogen-bond acceptors (Lipinski definition) is 10. The number of rotatable bonds is 8. The first-order valence-corrected chi connectivity index (χ1v) is 13.9. The van der Waals surface area contributed by atoms with Crippen LogP contribution in [0, 0.1) is 11.3 Å². The zero-order chi connectivity index (χ0) is 24.9. The van der Waals surface area contributed by atoms with Crippen molar-refractivity contribution in [3.05, 3.63) is 36.2 Å². The summed E-state index contributed by atoms with van der Waals surface area (Å²) in [7, 11) is -3.32. The van der Waals surface area contributed by atoms with E-state index in [9.17, 15) is 13.7 Å². The van der Waals surface area contributed by atoms with Gasteiger partial charge in [0.05, 0.1) is 71.5 Å². The number of thiophene rings is 1. The molecule has 4 aromatic heterocycles. The van der Waals surface area contributed by atoms with Crippen LogP contribution in [0.4, 0.5) is 11.6 Å². The SMILES string of the molecule is CCS(=O)(=O)N1CC(CC#N)(n2cc(-c3nc(Nc4cnn(C5COC5)c4)nc4ccsc34)cn2)C1. The summed E-state index contributed by atoms with van der Waals surface area (Å²) < 4.78 is 35.7. The smallest absolute Gasteiger partial charge is 0.228 e. The van der Waals surface area contributed by atoms with Crippen molar-refractivity contribution in [2.75, 3.05) is 37.4 Å². The quantitative estimate of drug-likeness (QED) is 0.366. The standard InChI is InChI=1S/C22H23N9O3S2/c1-2-36(32,33)29-13-22(14-29,4-5-23)31-9-15(7-25-31)19-20-18(3-6-35-20)27-21(28-19)26-16-8-24-30(10-16)17-11-34-12-17/h3,6-10,17H,2,4,11-14H2,1H3,(H,26,27,28). The van der Waals surface area contributed by atoms with Crippen LogP contribution in [0.5, 0.6) is 0 Å². The molecule has 0 atom stereocenters. The second kappa shape index (κ2) is 8.63. The molecule has 0 aromatic carbocycles. The van der Waals surface area contributed by atoms with Crippen LogP contribution in [0.15, 0.2) is 36.2 Å². The third-order valence-electron chi connectivity index (χ3n) is 6.61. The van der Waals surface area contributed by atoms with E-state index in [0.29, 0.717) is 24.9 Å². The summed E-state index contributed by atoms with van der Waals surface area (Å²) in [6.07, 6.45) is 7.34. The van der Waals surface area contributed by atoms with Gasteiger partial charge in [0.25, 0.3) is 0 Å². The lowest BCUT2D eigenvalue weighted by Crippen LogP contribution is -2.64. The Bertz CT molecular complexity index is 1570. The molecule has 0 amide bonds. The van der Waals surface area contributed by atoms with Crippen LogP contribution in [0.2, 0.25) is 0 Å². The minimum absolute atomic E-state index is 0.0282. The molecule has 6 heterocycles. The Morgan fingerprint density at radius 3 is 2.81 bits per heavy atom. The molecule has 2 aliphatic rings. The Kier molecular flexibility index (Phi) is 5.52. The molecule has 0 spiro atoms. The van der Waals surface area contributed by atoms with E-state index < -0.39 is 15.6 Å². The van der Waals surface area contributed by atoms with E-state index in [1.54, 1.807) is 24.0 Å². The van der Waals surface area contributed by atoms with Crippen molar-refractivity contribution in [3.63, 3.8) is 0 Å². The highest BCUT2D eigenvalue weighted by molar-refractivity contribution is 7.89. The molecular formula is C22H23N9O3S2. The molecule has 2 saturated heterocycles. The first-order valence-electron chi connectivity index (χ1n) is 11.5. The highest BCUT2D eigenvalue weighted by Crippen LogP contribution is 2.37. The second-order valence-corrected chi connectivity index (χ2v) is 12.1. The first kappa shape index (κ1) is 23.0. The van der Waals surface area contributed by atoms with Crippen LogP contribution in [0.25, 0.3) is 21.5 Å². The number of nitriles is 1. The van der Waals surface area contributed by atoms with Gasteiger partial charge in [-0.05, 0) is 18.4 Å². The molecule has 2 fully saturated rings. The lowest BCUT2D eigenvalue weighted by atomic mass is 9.89. The van der Waals surface area contributed by atoms with Gasteiger partial charge in [0.2, 0.25) is 16.0 Å². The van der Waals surface area contributed by atoms with Crippen molar-refractivity contribution in [2.24, 2.45) is 0 Å². The number of anilines is 2. The molecule has 4 aromatic rings. The van der Waals surface area contributed by atoms with Crippen LogP contribution in [0.1, 0.15) is 19.4 Å². The Morgan fingerprint density at radius 2 is 2.08 bits per heavy atom. The lowest BCUT2D eigenvalue weighted by molar-refractivity contribution is -0.0286. The van der Waals surface area contributed by atoms with E-state index >= 15 is 0 Å². The lowest BCUT2D eigenvalue weighted by Gasteiger charge is -2.47.